The Labute approximate surface area is 169 Å². The van der Waals surface area contributed by atoms with Crippen LogP contribution in [0.15, 0.2) is 0 Å². The van der Waals surface area contributed by atoms with E-state index < -0.39 is 5.79 Å². The number of hydrogen-bond acceptors (Lipinski definition) is 4. The maximum atomic E-state index is 9.40. The first-order valence-electron chi connectivity index (χ1n) is 11.7. The number of hydrogen-bond donors (Lipinski definition) is 2. The van der Waals surface area contributed by atoms with Crippen LogP contribution in [-0.4, -0.2) is 40.8 Å². The molecule has 27 heavy (non-hydrogen) atoms. The van der Waals surface area contributed by atoms with Crippen LogP contribution in [0.1, 0.15) is 118 Å². The average Bonchev–Trinajstić information content (AvgIpc) is 2.59. The van der Waals surface area contributed by atoms with E-state index in [0.717, 1.165) is 12.3 Å². The first kappa shape index (κ1) is 26.8. The van der Waals surface area contributed by atoms with Crippen LogP contribution in [0.5, 0.6) is 0 Å². The van der Waals surface area contributed by atoms with Crippen molar-refractivity contribution in [2.75, 3.05) is 19.7 Å². The molecule has 0 unspecified atom stereocenters. The summed E-state index contributed by atoms with van der Waals surface area (Å²) in [6.07, 6.45) is 19.0. The Hall–Kier alpha value is -0.160. The molecule has 164 valence electrons. The second-order valence-electron chi connectivity index (χ2n) is 8.79. The SMILES string of the molecule is CCN(CC(C)(O)O)OCCCCCCCCCCCCCCCC(C)C. The number of rotatable bonds is 20. The summed E-state index contributed by atoms with van der Waals surface area (Å²) >= 11 is 0. The van der Waals surface area contributed by atoms with E-state index in [4.69, 9.17) is 4.84 Å². The standard InChI is InChI=1S/C23H49NO3/c1-5-24(21-23(4,25)26)27-20-18-16-14-12-10-8-6-7-9-11-13-15-17-19-22(2)3/h22,25-26H,5-21H2,1-4H3. The summed E-state index contributed by atoms with van der Waals surface area (Å²) in [7, 11) is 0. The van der Waals surface area contributed by atoms with Crippen molar-refractivity contribution in [1.82, 2.24) is 5.06 Å². The molecule has 0 saturated carbocycles. The summed E-state index contributed by atoms with van der Waals surface area (Å²) in [5.41, 5.74) is 0. The molecule has 0 atom stereocenters. The number of hydroxylamine groups is 2. The Bertz CT molecular complexity index is 302. The van der Waals surface area contributed by atoms with Gasteiger partial charge >= 0.3 is 0 Å². The molecule has 0 aliphatic heterocycles. The van der Waals surface area contributed by atoms with E-state index in [1.165, 1.54) is 90.4 Å². The lowest BCUT2D eigenvalue weighted by atomic mass is 10.0. The van der Waals surface area contributed by atoms with Gasteiger partial charge in [-0.2, -0.15) is 5.06 Å². The van der Waals surface area contributed by atoms with E-state index >= 15 is 0 Å². The lowest BCUT2D eigenvalue weighted by Crippen LogP contribution is -2.40. The van der Waals surface area contributed by atoms with Crippen molar-refractivity contribution in [2.45, 2.75) is 123 Å². The molecule has 0 aromatic carbocycles. The van der Waals surface area contributed by atoms with Crippen molar-refractivity contribution >= 4 is 0 Å². The third-order valence-corrected chi connectivity index (χ3v) is 5.03. The van der Waals surface area contributed by atoms with Gasteiger partial charge in [0, 0.05) is 6.54 Å². The summed E-state index contributed by atoms with van der Waals surface area (Å²) in [6.45, 7) is 9.43. The minimum atomic E-state index is -1.69. The number of likely N-dealkylation sites (N-methyl/N-ethyl adjacent to an activating group) is 1. The Morgan fingerprint density at radius 1 is 0.741 bits per heavy atom. The molecule has 0 heterocycles. The van der Waals surface area contributed by atoms with Gasteiger partial charge in [-0.05, 0) is 19.3 Å². The van der Waals surface area contributed by atoms with E-state index in [9.17, 15) is 10.2 Å². The van der Waals surface area contributed by atoms with Gasteiger partial charge in [0.25, 0.3) is 0 Å². The van der Waals surface area contributed by atoms with Gasteiger partial charge in [-0.25, -0.2) is 0 Å². The van der Waals surface area contributed by atoms with Crippen LogP contribution in [0.4, 0.5) is 0 Å². The Balaban J connectivity index is 3.23. The van der Waals surface area contributed by atoms with Gasteiger partial charge in [0.05, 0.1) is 13.2 Å². The highest BCUT2D eigenvalue weighted by atomic mass is 16.7. The lowest BCUT2D eigenvalue weighted by molar-refractivity contribution is -0.237. The van der Waals surface area contributed by atoms with Crippen LogP contribution in [0.2, 0.25) is 0 Å². The molecule has 0 radical (unpaired) electrons. The quantitative estimate of drug-likeness (QED) is 0.151. The maximum absolute atomic E-state index is 9.40. The monoisotopic (exact) mass is 387 g/mol. The van der Waals surface area contributed by atoms with Gasteiger partial charge in [0.15, 0.2) is 5.79 Å². The highest BCUT2D eigenvalue weighted by molar-refractivity contribution is 4.59. The molecule has 0 spiro atoms. The second-order valence-corrected chi connectivity index (χ2v) is 8.79. The molecule has 0 fully saturated rings. The second kappa shape index (κ2) is 17.9. The van der Waals surface area contributed by atoms with Gasteiger partial charge in [0.1, 0.15) is 0 Å². The van der Waals surface area contributed by atoms with E-state index in [2.05, 4.69) is 13.8 Å². The molecule has 0 aliphatic carbocycles. The van der Waals surface area contributed by atoms with Crippen LogP contribution in [0, 0.1) is 5.92 Å². The molecular formula is C23H49NO3. The molecule has 0 bridgehead atoms. The number of aliphatic hydroxyl groups is 2. The van der Waals surface area contributed by atoms with Crippen molar-refractivity contribution in [2.24, 2.45) is 5.92 Å². The summed E-state index contributed by atoms with van der Waals surface area (Å²) in [6, 6.07) is 0. The van der Waals surface area contributed by atoms with Crippen molar-refractivity contribution in [3.8, 4) is 0 Å². The minimum absolute atomic E-state index is 0.126. The Morgan fingerprint density at radius 3 is 1.52 bits per heavy atom. The lowest BCUT2D eigenvalue weighted by Gasteiger charge is -2.26. The molecule has 0 aliphatic rings. The van der Waals surface area contributed by atoms with E-state index in [1.54, 1.807) is 5.06 Å². The number of nitrogens with zero attached hydrogens (tertiary/aromatic N) is 1. The van der Waals surface area contributed by atoms with Crippen LogP contribution in [0.3, 0.4) is 0 Å². The van der Waals surface area contributed by atoms with Gasteiger partial charge < -0.3 is 10.2 Å². The summed E-state index contributed by atoms with van der Waals surface area (Å²) in [5.74, 6) is -0.823. The average molecular weight is 388 g/mol. The van der Waals surface area contributed by atoms with Crippen molar-refractivity contribution in [3.05, 3.63) is 0 Å². The highest BCUT2D eigenvalue weighted by Gasteiger charge is 2.19. The molecule has 0 aromatic rings. The van der Waals surface area contributed by atoms with Crippen LogP contribution in [-0.2, 0) is 4.84 Å². The zero-order valence-corrected chi connectivity index (χ0v) is 18.8. The first-order chi connectivity index (χ1) is 12.8. The molecule has 4 nitrogen and oxygen atoms in total. The molecule has 2 N–H and O–H groups in total. The van der Waals surface area contributed by atoms with E-state index in [0.29, 0.717) is 13.2 Å². The molecule has 0 saturated heterocycles. The zero-order valence-electron chi connectivity index (χ0n) is 18.8. The topological polar surface area (TPSA) is 52.9 Å². The fraction of sp³-hybridized carbons (Fsp3) is 1.00. The van der Waals surface area contributed by atoms with Gasteiger partial charge in [-0.15, -0.1) is 0 Å². The highest BCUT2D eigenvalue weighted by Crippen LogP contribution is 2.14. The zero-order chi connectivity index (χ0) is 20.4. The van der Waals surface area contributed by atoms with Crippen LogP contribution in [0.25, 0.3) is 0 Å². The summed E-state index contributed by atoms with van der Waals surface area (Å²) in [4.78, 5) is 5.60. The fourth-order valence-electron chi connectivity index (χ4n) is 3.38. The predicted octanol–water partition coefficient (Wildman–Crippen LogP) is 6.06. The van der Waals surface area contributed by atoms with Gasteiger partial charge in [-0.3, -0.25) is 4.84 Å². The minimum Gasteiger partial charge on any atom is -0.365 e. The van der Waals surface area contributed by atoms with Crippen LogP contribution < -0.4 is 0 Å². The molecule has 4 heteroatoms. The van der Waals surface area contributed by atoms with Crippen molar-refractivity contribution in [1.29, 1.82) is 0 Å². The normalized spacial score (nSPS) is 12.4. The number of unbranched alkanes of at least 4 members (excludes halogenated alkanes) is 12. The first-order valence-corrected chi connectivity index (χ1v) is 11.7. The van der Waals surface area contributed by atoms with Gasteiger partial charge in [0.2, 0.25) is 0 Å². The largest absolute Gasteiger partial charge is 0.365 e. The predicted molar refractivity (Wildman–Crippen MR) is 116 cm³/mol. The van der Waals surface area contributed by atoms with Crippen molar-refractivity contribution in [3.63, 3.8) is 0 Å². The molecular weight excluding hydrogens is 338 g/mol. The molecule has 0 rings (SSSR count). The third-order valence-electron chi connectivity index (χ3n) is 5.03. The van der Waals surface area contributed by atoms with E-state index in [-0.39, 0.29) is 6.54 Å². The van der Waals surface area contributed by atoms with Crippen molar-refractivity contribution < 1.29 is 15.1 Å². The summed E-state index contributed by atoms with van der Waals surface area (Å²) < 4.78 is 0. The third kappa shape index (κ3) is 22.0. The Kier molecular flexibility index (Phi) is 17.8. The van der Waals surface area contributed by atoms with E-state index in [1.807, 2.05) is 6.92 Å². The smallest absolute Gasteiger partial charge is 0.175 e. The molecule has 0 aromatic heterocycles. The van der Waals surface area contributed by atoms with Gasteiger partial charge in [-0.1, -0.05) is 104 Å². The van der Waals surface area contributed by atoms with Crippen LogP contribution >= 0.6 is 0 Å². The summed E-state index contributed by atoms with van der Waals surface area (Å²) in [5, 5.41) is 20.4. The Morgan fingerprint density at radius 2 is 1.15 bits per heavy atom. The molecule has 0 amide bonds. The maximum Gasteiger partial charge on any atom is 0.175 e. The fourth-order valence-corrected chi connectivity index (χ4v) is 3.38.